The Morgan fingerprint density at radius 1 is 1.15 bits per heavy atom. The molecule has 0 aliphatic heterocycles. The second-order valence-corrected chi connectivity index (χ2v) is 5.07. The molecule has 1 atom stereocenters. The number of methoxy groups -OCH3 is 1. The molecule has 1 unspecified atom stereocenters. The Labute approximate surface area is 124 Å². The van der Waals surface area contributed by atoms with Crippen molar-refractivity contribution >= 4 is 27.6 Å². The minimum atomic E-state index is -0.640. The molecule has 0 saturated carbocycles. The third kappa shape index (κ3) is 3.57. The number of anilines is 1. The van der Waals surface area contributed by atoms with E-state index in [2.05, 4.69) is 21.2 Å². The average Bonchev–Trinajstić information content (AvgIpc) is 2.47. The lowest BCUT2D eigenvalue weighted by Gasteiger charge is -2.18. The van der Waals surface area contributed by atoms with Gasteiger partial charge < -0.3 is 10.1 Å². The Balaban J connectivity index is 2.26. The zero-order valence-electron chi connectivity index (χ0n) is 10.8. The number of rotatable bonds is 4. The van der Waals surface area contributed by atoms with Crippen LogP contribution in [0.1, 0.15) is 11.6 Å². The molecule has 0 radical (unpaired) electrons. The van der Waals surface area contributed by atoms with Crippen molar-refractivity contribution in [1.82, 2.24) is 0 Å². The first-order valence-electron chi connectivity index (χ1n) is 5.95. The van der Waals surface area contributed by atoms with E-state index in [0.717, 1.165) is 10.0 Å². The molecule has 0 aliphatic carbocycles. The highest BCUT2D eigenvalue weighted by atomic mass is 79.9. The number of halogens is 2. The quantitative estimate of drug-likeness (QED) is 0.859. The lowest BCUT2D eigenvalue weighted by atomic mass is 10.1. The van der Waals surface area contributed by atoms with E-state index in [4.69, 9.17) is 4.74 Å². The summed E-state index contributed by atoms with van der Waals surface area (Å²) in [4.78, 5) is 11.9. The van der Waals surface area contributed by atoms with Gasteiger partial charge in [0.1, 0.15) is 5.82 Å². The van der Waals surface area contributed by atoms with Gasteiger partial charge in [-0.3, -0.25) is 0 Å². The monoisotopic (exact) mass is 337 g/mol. The molecule has 0 saturated heterocycles. The van der Waals surface area contributed by atoms with Crippen molar-refractivity contribution in [3.8, 4) is 0 Å². The summed E-state index contributed by atoms with van der Waals surface area (Å²) in [5, 5.41) is 3.04. The van der Waals surface area contributed by atoms with Gasteiger partial charge in [0, 0.05) is 10.2 Å². The highest BCUT2D eigenvalue weighted by molar-refractivity contribution is 9.10. The van der Waals surface area contributed by atoms with Gasteiger partial charge in [0.05, 0.1) is 7.11 Å². The molecule has 0 bridgehead atoms. The Morgan fingerprint density at radius 3 is 2.30 bits per heavy atom. The number of carbonyl (C=O) groups is 1. The third-order valence-electron chi connectivity index (χ3n) is 2.80. The summed E-state index contributed by atoms with van der Waals surface area (Å²) in [5.74, 6) is -0.731. The predicted octanol–water partition coefficient (Wildman–Crippen LogP) is 3.91. The van der Waals surface area contributed by atoms with Crippen LogP contribution in [0.2, 0.25) is 0 Å². The van der Waals surface area contributed by atoms with Gasteiger partial charge in [0.15, 0.2) is 6.04 Å². The van der Waals surface area contributed by atoms with Crippen LogP contribution in [0.3, 0.4) is 0 Å². The number of nitrogens with one attached hydrogen (secondary N) is 1. The van der Waals surface area contributed by atoms with E-state index < -0.39 is 12.0 Å². The van der Waals surface area contributed by atoms with Crippen molar-refractivity contribution in [2.24, 2.45) is 0 Å². The van der Waals surface area contributed by atoms with Gasteiger partial charge in [-0.15, -0.1) is 0 Å². The second-order valence-electron chi connectivity index (χ2n) is 4.16. The predicted molar refractivity (Wildman–Crippen MR) is 78.9 cm³/mol. The molecule has 0 heterocycles. The highest BCUT2D eigenvalue weighted by Crippen LogP contribution is 2.23. The fourth-order valence-corrected chi connectivity index (χ4v) is 2.03. The minimum Gasteiger partial charge on any atom is -0.467 e. The fraction of sp³-hybridized carbons (Fsp3) is 0.133. The summed E-state index contributed by atoms with van der Waals surface area (Å²) in [7, 11) is 1.33. The first-order valence-corrected chi connectivity index (χ1v) is 6.75. The molecule has 5 heteroatoms. The Morgan fingerprint density at radius 2 is 1.75 bits per heavy atom. The van der Waals surface area contributed by atoms with Gasteiger partial charge in [0.2, 0.25) is 0 Å². The van der Waals surface area contributed by atoms with Crippen LogP contribution in [0.4, 0.5) is 10.1 Å². The molecule has 2 rings (SSSR count). The minimum absolute atomic E-state index is 0.325. The SMILES string of the molecule is COC(=O)C(Nc1ccc(F)cc1)c1ccc(Br)cc1. The van der Waals surface area contributed by atoms with Crippen LogP contribution >= 0.6 is 15.9 Å². The molecule has 0 amide bonds. The number of benzene rings is 2. The van der Waals surface area contributed by atoms with Crippen LogP contribution in [0.15, 0.2) is 53.0 Å². The normalized spacial score (nSPS) is 11.8. The van der Waals surface area contributed by atoms with Crippen molar-refractivity contribution in [2.75, 3.05) is 12.4 Å². The number of esters is 1. The van der Waals surface area contributed by atoms with Crippen LogP contribution in [0.25, 0.3) is 0 Å². The van der Waals surface area contributed by atoms with Crippen LogP contribution in [-0.4, -0.2) is 13.1 Å². The number of hydrogen-bond acceptors (Lipinski definition) is 3. The van der Waals surface area contributed by atoms with Crippen LogP contribution in [-0.2, 0) is 9.53 Å². The van der Waals surface area contributed by atoms with Gasteiger partial charge in [0.25, 0.3) is 0 Å². The molecule has 0 fully saturated rings. The molecule has 2 aromatic carbocycles. The molecular weight excluding hydrogens is 325 g/mol. The molecular formula is C15H13BrFNO2. The average molecular weight is 338 g/mol. The van der Waals surface area contributed by atoms with E-state index in [-0.39, 0.29) is 5.82 Å². The summed E-state index contributed by atoms with van der Waals surface area (Å²) in [5.41, 5.74) is 1.41. The van der Waals surface area contributed by atoms with Gasteiger partial charge in [-0.25, -0.2) is 9.18 Å². The topological polar surface area (TPSA) is 38.3 Å². The van der Waals surface area contributed by atoms with E-state index in [1.807, 2.05) is 24.3 Å². The van der Waals surface area contributed by atoms with E-state index >= 15 is 0 Å². The summed E-state index contributed by atoms with van der Waals surface area (Å²) in [6, 6.07) is 12.5. The molecule has 0 aromatic heterocycles. The highest BCUT2D eigenvalue weighted by Gasteiger charge is 2.21. The van der Waals surface area contributed by atoms with E-state index in [1.54, 1.807) is 12.1 Å². The maximum atomic E-state index is 12.9. The van der Waals surface area contributed by atoms with Crippen molar-refractivity contribution in [3.05, 3.63) is 64.4 Å². The second kappa shape index (κ2) is 6.52. The number of carbonyl (C=O) groups excluding carboxylic acids is 1. The smallest absolute Gasteiger partial charge is 0.332 e. The molecule has 0 aliphatic rings. The Hall–Kier alpha value is -1.88. The lowest BCUT2D eigenvalue weighted by Crippen LogP contribution is -2.22. The molecule has 3 nitrogen and oxygen atoms in total. The largest absolute Gasteiger partial charge is 0.467 e. The fourth-order valence-electron chi connectivity index (χ4n) is 1.76. The van der Waals surface area contributed by atoms with Gasteiger partial charge in [-0.2, -0.15) is 0 Å². The zero-order valence-corrected chi connectivity index (χ0v) is 12.4. The van der Waals surface area contributed by atoms with Crippen LogP contribution in [0.5, 0.6) is 0 Å². The Bertz CT molecular complexity index is 584. The van der Waals surface area contributed by atoms with E-state index in [1.165, 1.54) is 19.2 Å². The zero-order chi connectivity index (χ0) is 14.5. The van der Waals surface area contributed by atoms with Gasteiger partial charge in [-0.1, -0.05) is 28.1 Å². The van der Waals surface area contributed by atoms with E-state index in [9.17, 15) is 9.18 Å². The Kier molecular flexibility index (Phi) is 4.74. The number of ether oxygens (including phenoxy) is 1. The molecule has 2 aromatic rings. The van der Waals surface area contributed by atoms with Crippen LogP contribution < -0.4 is 5.32 Å². The summed E-state index contributed by atoms with van der Waals surface area (Å²) in [6.07, 6.45) is 0. The van der Waals surface area contributed by atoms with Crippen molar-refractivity contribution in [3.63, 3.8) is 0 Å². The van der Waals surface area contributed by atoms with E-state index in [0.29, 0.717) is 5.69 Å². The molecule has 104 valence electrons. The van der Waals surface area contributed by atoms with Gasteiger partial charge in [-0.05, 0) is 42.0 Å². The standard InChI is InChI=1S/C15H13BrFNO2/c1-20-15(19)14(10-2-4-11(16)5-3-10)18-13-8-6-12(17)7-9-13/h2-9,14,18H,1H3. The first-order chi connectivity index (χ1) is 9.60. The van der Waals surface area contributed by atoms with Crippen molar-refractivity contribution in [2.45, 2.75) is 6.04 Å². The lowest BCUT2D eigenvalue weighted by molar-refractivity contribution is -0.141. The molecule has 20 heavy (non-hydrogen) atoms. The van der Waals surface area contributed by atoms with Crippen molar-refractivity contribution in [1.29, 1.82) is 0 Å². The van der Waals surface area contributed by atoms with Crippen molar-refractivity contribution < 1.29 is 13.9 Å². The third-order valence-corrected chi connectivity index (χ3v) is 3.32. The summed E-state index contributed by atoms with van der Waals surface area (Å²) >= 11 is 3.35. The first kappa shape index (κ1) is 14.5. The number of hydrogen-bond donors (Lipinski definition) is 1. The van der Waals surface area contributed by atoms with Gasteiger partial charge >= 0.3 is 5.97 Å². The maximum Gasteiger partial charge on any atom is 0.332 e. The maximum absolute atomic E-state index is 12.9. The summed E-state index contributed by atoms with van der Waals surface area (Å²) in [6.45, 7) is 0. The molecule has 0 spiro atoms. The summed E-state index contributed by atoms with van der Waals surface area (Å²) < 4.78 is 18.6. The van der Waals surface area contributed by atoms with Crippen LogP contribution in [0, 0.1) is 5.82 Å². The molecule has 1 N–H and O–H groups in total.